The van der Waals surface area contributed by atoms with E-state index in [0.717, 1.165) is 16.8 Å². The van der Waals surface area contributed by atoms with Crippen molar-refractivity contribution in [2.45, 2.75) is 23.8 Å². The predicted octanol–water partition coefficient (Wildman–Crippen LogP) is 4.01. The van der Waals surface area contributed by atoms with Crippen molar-refractivity contribution in [2.24, 2.45) is 0 Å². The summed E-state index contributed by atoms with van der Waals surface area (Å²) in [5.41, 5.74) is 3.11. The molecule has 0 heterocycles. The van der Waals surface area contributed by atoms with Crippen molar-refractivity contribution >= 4 is 39.2 Å². The van der Waals surface area contributed by atoms with Gasteiger partial charge in [0.25, 0.3) is 5.91 Å². The van der Waals surface area contributed by atoms with Crippen LogP contribution in [0.3, 0.4) is 0 Å². The van der Waals surface area contributed by atoms with Crippen LogP contribution in [-0.4, -0.2) is 52.1 Å². The van der Waals surface area contributed by atoms with Gasteiger partial charge in [-0.2, -0.15) is 4.72 Å². The summed E-state index contributed by atoms with van der Waals surface area (Å²) in [6.45, 7) is 0.204. The molecule has 0 saturated carbocycles. The Kier molecular flexibility index (Phi) is 9.08. The summed E-state index contributed by atoms with van der Waals surface area (Å²) >= 11 is 5.90. The van der Waals surface area contributed by atoms with E-state index in [-0.39, 0.29) is 30.2 Å². The zero-order chi connectivity index (χ0) is 26.3. The first-order valence-corrected chi connectivity index (χ1v) is 13.1. The van der Waals surface area contributed by atoms with Crippen LogP contribution in [0.4, 0.5) is 5.69 Å². The molecule has 10 heteroatoms. The van der Waals surface area contributed by atoms with E-state index in [1.54, 1.807) is 36.4 Å². The summed E-state index contributed by atoms with van der Waals surface area (Å²) < 4.78 is 27.8. The largest absolute Gasteiger partial charge is 0.480 e. The number of benzene rings is 3. The molecule has 0 aliphatic heterocycles. The molecule has 0 aromatic heterocycles. The summed E-state index contributed by atoms with van der Waals surface area (Å²) in [5.74, 6) is -1.57. The Hall–Kier alpha value is -3.40. The molecule has 1 amide bonds. The van der Waals surface area contributed by atoms with E-state index in [9.17, 15) is 23.1 Å². The molecule has 3 N–H and O–H groups in total. The van der Waals surface area contributed by atoms with Crippen molar-refractivity contribution in [3.05, 3.63) is 83.4 Å². The van der Waals surface area contributed by atoms with Crippen molar-refractivity contribution in [3.63, 3.8) is 0 Å². The summed E-state index contributed by atoms with van der Waals surface area (Å²) in [6.07, 6.45) is 0.285. The molecule has 36 heavy (non-hydrogen) atoms. The molecule has 3 aromatic carbocycles. The van der Waals surface area contributed by atoms with Gasteiger partial charge >= 0.3 is 5.97 Å². The number of aliphatic carboxylic acids is 1. The molecule has 0 aliphatic carbocycles. The van der Waals surface area contributed by atoms with Crippen molar-refractivity contribution in [2.75, 3.05) is 25.5 Å². The second-order valence-corrected chi connectivity index (χ2v) is 10.5. The third-order valence-corrected chi connectivity index (χ3v) is 7.28. The second-order valence-electron chi connectivity index (χ2n) is 8.38. The molecule has 1 atom stereocenters. The highest BCUT2D eigenvalue weighted by Crippen LogP contribution is 2.23. The monoisotopic (exact) mass is 529 g/mol. The Morgan fingerprint density at radius 3 is 2.00 bits per heavy atom. The molecule has 0 aliphatic rings. The standard InChI is InChI=1S/C26H28ClN3O5S/c1-30(2)22-13-7-20(8-14-22)25(31)28-17-3-4-24(26(32)33)29-36(34,35)23-15-9-19(10-16-23)18-5-11-21(27)12-6-18/h5-16,24,29H,3-4,17H2,1-2H3,(H,28,31)(H,32,33). The van der Waals surface area contributed by atoms with Crippen molar-refractivity contribution in [1.82, 2.24) is 10.0 Å². The van der Waals surface area contributed by atoms with E-state index in [4.69, 9.17) is 11.6 Å². The third-order valence-electron chi connectivity index (χ3n) is 5.54. The van der Waals surface area contributed by atoms with Gasteiger partial charge in [-0.3, -0.25) is 9.59 Å². The zero-order valence-electron chi connectivity index (χ0n) is 19.9. The number of carboxylic acids is 1. The molecule has 3 aromatic rings. The highest BCUT2D eigenvalue weighted by atomic mass is 35.5. The number of nitrogens with one attached hydrogen (secondary N) is 2. The van der Waals surface area contributed by atoms with Crippen LogP contribution in [0.25, 0.3) is 11.1 Å². The van der Waals surface area contributed by atoms with Gasteiger partial charge in [-0.1, -0.05) is 35.9 Å². The molecule has 0 fully saturated rings. The number of hydrogen-bond acceptors (Lipinski definition) is 5. The first kappa shape index (κ1) is 27.2. The second kappa shape index (κ2) is 12.0. The van der Waals surface area contributed by atoms with E-state index < -0.39 is 22.0 Å². The van der Waals surface area contributed by atoms with Gasteiger partial charge in [0.1, 0.15) is 6.04 Å². The van der Waals surface area contributed by atoms with E-state index in [1.807, 2.05) is 43.3 Å². The molecular formula is C26H28ClN3O5S. The minimum atomic E-state index is -4.06. The summed E-state index contributed by atoms with van der Waals surface area (Å²) in [4.78, 5) is 25.9. The first-order valence-electron chi connectivity index (χ1n) is 11.2. The number of anilines is 1. The highest BCUT2D eigenvalue weighted by Gasteiger charge is 2.25. The SMILES string of the molecule is CN(C)c1ccc(C(=O)NCCCC(NS(=O)(=O)c2ccc(-c3ccc(Cl)cc3)cc2)C(=O)O)cc1. The number of nitrogens with zero attached hydrogens (tertiary/aromatic N) is 1. The number of carbonyl (C=O) groups is 2. The molecule has 3 rings (SSSR count). The van der Waals surface area contributed by atoms with Crippen LogP contribution in [0.5, 0.6) is 0 Å². The Morgan fingerprint density at radius 2 is 1.47 bits per heavy atom. The van der Waals surface area contributed by atoms with Crippen LogP contribution >= 0.6 is 11.6 Å². The lowest BCUT2D eigenvalue weighted by Gasteiger charge is -2.15. The van der Waals surface area contributed by atoms with Gasteiger partial charge < -0.3 is 15.3 Å². The van der Waals surface area contributed by atoms with Gasteiger partial charge in [0.05, 0.1) is 4.90 Å². The van der Waals surface area contributed by atoms with Crippen LogP contribution in [0, 0.1) is 0 Å². The lowest BCUT2D eigenvalue weighted by Crippen LogP contribution is -2.41. The fraction of sp³-hybridized carbons (Fsp3) is 0.231. The fourth-order valence-corrected chi connectivity index (χ4v) is 4.83. The van der Waals surface area contributed by atoms with Crippen molar-refractivity contribution in [1.29, 1.82) is 0 Å². The van der Waals surface area contributed by atoms with Gasteiger partial charge in [-0.05, 0) is 72.5 Å². The Bertz CT molecular complexity index is 1290. The maximum Gasteiger partial charge on any atom is 0.321 e. The molecule has 8 nitrogen and oxygen atoms in total. The van der Waals surface area contributed by atoms with Crippen molar-refractivity contribution in [3.8, 4) is 11.1 Å². The van der Waals surface area contributed by atoms with Gasteiger partial charge in [-0.15, -0.1) is 0 Å². The number of hydrogen-bond donors (Lipinski definition) is 3. The number of carboxylic acid groups (broad SMARTS) is 1. The fourth-order valence-electron chi connectivity index (χ4n) is 3.48. The lowest BCUT2D eigenvalue weighted by atomic mass is 10.1. The van der Waals surface area contributed by atoms with Crippen LogP contribution < -0.4 is 14.9 Å². The number of halogens is 1. The van der Waals surface area contributed by atoms with Crippen LogP contribution in [0.2, 0.25) is 5.02 Å². The molecular weight excluding hydrogens is 502 g/mol. The Balaban J connectivity index is 1.55. The quantitative estimate of drug-likeness (QED) is 0.323. The normalized spacial score (nSPS) is 12.1. The molecule has 1 unspecified atom stereocenters. The Labute approximate surface area is 216 Å². The first-order chi connectivity index (χ1) is 17.1. The predicted molar refractivity (Wildman–Crippen MR) is 141 cm³/mol. The van der Waals surface area contributed by atoms with E-state index in [1.165, 1.54) is 12.1 Å². The van der Waals surface area contributed by atoms with Crippen LogP contribution in [0.1, 0.15) is 23.2 Å². The number of amides is 1. The number of carbonyl (C=O) groups excluding carboxylic acids is 1. The number of rotatable bonds is 11. The molecule has 190 valence electrons. The lowest BCUT2D eigenvalue weighted by molar-refractivity contribution is -0.139. The summed E-state index contributed by atoms with van der Waals surface area (Å²) in [5, 5.41) is 12.9. The van der Waals surface area contributed by atoms with Gasteiger partial charge in [-0.25, -0.2) is 8.42 Å². The summed E-state index contributed by atoms with van der Waals surface area (Å²) in [7, 11) is -0.258. The average molecular weight is 530 g/mol. The molecule has 0 saturated heterocycles. The topological polar surface area (TPSA) is 116 Å². The van der Waals surface area contributed by atoms with E-state index >= 15 is 0 Å². The maximum atomic E-state index is 12.8. The number of sulfonamides is 1. The van der Waals surface area contributed by atoms with Crippen molar-refractivity contribution < 1.29 is 23.1 Å². The Morgan fingerprint density at radius 1 is 0.917 bits per heavy atom. The van der Waals surface area contributed by atoms with Gasteiger partial charge in [0, 0.05) is 36.9 Å². The third kappa shape index (κ3) is 7.30. The van der Waals surface area contributed by atoms with Gasteiger partial charge in [0.15, 0.2) is 0 Å². The van der Waals surface area contributed by atoms with E-state index in [2.05, 4.69) is 10.0 Å². The molecule has 0 bridgehead atoms. The average Bonchev–Trinajstić information content (AvgIpc) is 2.86. The van der Waals surface area contributed by atoms with Gasteiger partial charge in [0.2, 0.25) is 10.0 Å². The summed E-state index contributed by atoms with van der Waals surface area (Å²) in [6, 6.07) is 19.0. The maximum absolute atomic E-state index is 12.8. The van der Waals surface area contributed by atoms with Crippen LogP contribution in [-0.2, 0) is 14.8 Å². The highest BCUT2D eigenvalue weighted by molar-refractivity contribution is 7.89. The molecule has 0 spiro atoms. The minimum absolute atomic E-state index is 0.0112. The van der Waals surface area contributed by atoms with E-state index in [0.29, 0.717) is 10.6 Å². The smallest absolute Gasteiger partial charge is 0.321 e. The minimum Gasteiger partial charge on any atom is -0.480 e. The zero-order valence-corrected chi connectivity index (χ0v) is 21.5. The van der Waals surface area contributed by atoms with Crippen LogP contribution in [0.15, 0.2) is 77.7 Å². The molecule has 0 radical (unpaired) electrons.